The Morgan fingerprint density at radius 3 is 2.60 bits per heavy atom. The van der Waals surface area contributed by atoms with Crippen molar-refractivity contribution >= 4 is 11.8 Å². The molecule has 15 heavy (non-hydrogen) atoms. The first-order valence-electron chi connectivity index (χ1n) is 4.45. The highest BCUT2D eigenvalue weighted by Crippen LogP contribution is 2.12. The van der Waals surface area contributed by atoms with Crippen molar-refractivity contribution in [3.63, 3.8) is 0 Å². The van der Waals surface area contributed by atoms with Gasteiger partial charge in [-0.2, -0.15) is 4.73 Å². The molecule has 0 fully saturated rings. The van der Waals surface area contributed by atoms with Crippen LogP contribution in [0.2, 0.25) is 0 Å². The Balaban J connectivity index is 2.28. The van der Waals surface area contributed by atoms with Crippen molar-refractivity contribution in [2.75, 3.05) is 0 Å². The van der Waals surface area contributed by atoms with Crippen LogP contribution in [-0.2, 0) is 0 Å². The molecule has 76 valence electrons. The fourth-order valence-corrected chi connectivity index (χ4v) is 1.23. The third kappa shape index (κ3) is 2.17. The van der Waals surface area contributed by atoms with Crippen molar-refractivity contribution < 1.29 is 10.3 Å². The number of imidazole rings is 1. The maximum absolute atomic E-state index is 9.66. The normalized spacial score (nSPS) is 11.6. The topological polar surface area (TPSA) is 58.3 Å². The highest BCUT2D eigenvalue weighted by Gasteiger charge is 2.02. The quantitative estimate of drug-likeness (QED) is 0.579. The van der Waals surface area contributed by atoms with E-state index in [1.807, 2.05) is 30.3 Å². The standard InChI is InChI=1S/C11H10N2O2/c14-11(10-7-13(15)8-12-10)6-9-4-2-1-3-5-9/h1-8,14-15H/b11-6+. The minimum Gasteiger partial charge on any atom is -0.506 e. The van der Waals surface area contributed by atoms with Gasteiger partial charge in [-0.3, -0.25) is 0 Å². The summed E-state index contributed by atoms with van der Waals surface area (Å²) in [5, 5.41) is 18.6. The Kier molecular flexibility index (Phi) is 2.41. The first-order chi connectivity index (χ1) is 7.25. The highest BCUT2D eigenvalue weighted by atomic mass is 16.5. The number of aliphatic hydroxyl groups excluding tert-OH is 1. The molecule has 2 aromatic rings. The van der Waals surface area contributed by atoms with E-state index in [4.69, 9.17) is 5.21 Å². The molecule has 0 spiro atoms. The summed E-state index contributed by atoms with van der Waals surface area (Å²) in [4.78, 5) is 3.81. The number of benzene rings is 1. The third-order valence-electron chi connectivity index (χ3n) is 1.94. The summed E-state index contributed by atoms with van der Waals surface area (Å²) in [7, 11) is 0. The van der Waals surface area contributed by atoms with Crippen LogP contribution in [-0.4, -0.2) is 20.0 Å². The van der Waals surface area contributed by atoms with Gasteiger partial charge >= 0.3 is 0 Å². The van der Waals surface area contributed by atoms with Gasteiger partial charge in [0.15, 0.2) is 0 Å². The van der Waals surface area contributed by atoms with Gasteiger partial charge in [0.05, 0.1) is 6.20 Å². The summed E-state index contributed by atoms with van der Waals surface area (Å²) in [6.45, 7) is 0. The van der Waals surface area contributed by atoms with Gasteiger partial charge in [-0.1, -0.05) is 30.3 Å². The fourth-order valence-electron chi connectivity index (χ4n) is 1.23. The SMILES string of the molecule is O/C(=C/c1ccccc1)c1cn(O)cn1. The van der Waals surface area contributed by atoms with Gasteiger partial charge in [0.1, 0.15) is 17.8 Å². The molecule has 0 atom stereocenters. The molecule has 1 aromatic heterocycles. The molecular formula is C11H10N2O2. The molecule has 0 aliphatic carbocycles. The van der Waals surface area contributed by atoms with Crippen LogP contribution in [0.1, 0.15) is 11.3 Å². The average Bonchev–Trinajstić information content (AvgIpc) is 2.66. The lowest BCUT2D eigenvalue weighted by molar-refractivity contribution is 0.185. The molecule has 1 heterocycles. The zero-order valence-corrected chi connectivity index (χ0v) is 7.91. The number of rotatable bonds is 2. The smallest absolute Gasteiger partial charge is 0.143 e. The van der Waals surface area contributed by atoms with Gasteiger partial charge in [-0.25, -0.2) is 4.98 Å². The Morgan fingerprint density at radius 1 is 1.27 bits per heavy atom. The Labute approximate surface area is 86.7 Å². The molecule has 0 amide bonds. The van der Waals surface area contributed by atoms with Crippen LogP contribution < -0.4 is 0 Å². The minimum absolute atomic E-state index is 0.0222. The molecule has 1 aromatic carbocycles. The zero-order valence-electron chi connectivity index (χ0n) is 7.91. The van der Waals surface area contributed by atoms with E-state index in [-0.39, 0.29) is 5.76 Å². The first-order valence-corrected chi connectivity index (χ1v) is 4.45. The van der Waals surface area contributed by atoms with Crippen molar-refractivity contribution in [1.29, 1.82) is 0 Å². The van der Waals surface area contributed by atoms with Gasteiger partial charge < -0.3 is 10.3 Å². The van der Waals surface area contributed by atoms with Crippen LogP contribution in [0.5, 0.6) is 0 Å². The highest BCUT2D eigenvalue weighted by molar-refractivity contribution is 5.74. The second kappa shape index (κ2) is 3.88. The van der Waals surface area contributed by atoms with Gasteiger partial charge in [-0.15, -0.1) is 0 Å². The maximum Gasteiger partial charge on any atom is 0.143 e. The fraction of sp³-hybridized carbons (Fsp3) is 0. The molecule has 2 N–H and O–H groups in total. The van der Waals surface area contributed by atoms with Crippen LogP contribution in [0.4, 0.5) is 0 Å². The van der Waals surface area contributed by atoms with Crippen molar-refractivity contribution in [3.05, 3.63) is 54.1 Å². The van der Waals surface area contributed by atoms with Gasteiger partial charge in [0.25, 0.3) is 0 Å². The first kappa shape index (κ1) is 9.33. The molecule has 0 saturated heterocycles. The molecule has 0 unspecified atom stereocenters. The summed E-state index contributed by atoms with van der Waals surface area (Å²) in [5.41, 5.74) is 1.21. The monoisotopic (exact) mass is 202 g/mol. The van der Waals surface area contributed by atoms with Gasteiger partial charge in [0, 0.05) is 0 Å². The summed E-state index contributed by atoms with van der Waals surface area (Å²) in [5.74, 6) is 0.0222. The van der Waals surface area contributed by atoms with E-state index in [9.17, 15) is 5.11 Å². The van der Waals surface area contributed by atoms with Crippen LogP contribution in [0, 0.1) is 0 Å². The molecule has 0 radical (unpaired) electrons. The largest absolute Gasteiger partial charge is 0.506 e. The van der Waals surface area contributed by atoms with E-state index >= 15 is 0 Å². The predicted octanol–water partition coefficient (Wildman–Crippen LogP) is 2.18. The molecular weight excluding hydrogens is 192 g/mol. The lowest BCUT2D eigenvalue weighted by Gasteiger charge is -1.95. The predicted molar refractivity (Wildman–Crippen MR) is 56.4 cm³/mol. The number of hydrogen-bond acceptors (Lipinski definition) is 3. The van der Waals surface area contributed by atoms with Crippen LogP contribution in [0.3, 0.4) is 0 Å². The second-order valence-electron chi connectivity index (χ2n) is 3.08. The number of hydrogen-bond donors (Lipinski definition) is 2. The zero-order chi connectivity index (χ0) is 10.7. The van der Waals surface area contributed by atoms with Gasteiger partial charge in [-0.05, 0) is 11.6 Å². The van der Waals surface area contributed by atoms with E-state index in [0.717, 1.165) is 10.3 Å². The van der Waals surface area contributed by atoms with Crippen LogP contribution >= 0.6 is 0 Å². The Bertz CT molecular complexity index is 474. The van der Waals surface area contributed by atoms with E-state index < -0.39 is 0 Å². The van der Waals surface area contributed by atoms with Crippen LogP contribution in [0.15, 0.2) is 42.9 Å². The average molecular weight is 202 g/mol. The third-order valence-corrected chi connectivity index (χ3v) is 1.94. The molecule has 0 aliphatic rings. The number of aromatic nitrogens is 2. The van der Waals surface area contributed by atoms with E-state index in [1.54, 1.807) is 6.08 Å². The lowest BCUT2D eigenvalue weighted by Crippen LogP contribution is -1.84. The van der Waals surface area contributed by atoms with Crippen molar-refractivity contribution in [2.45, 2.75) is 0 Å². The van der Waals surface area contributed by atoms with Crippen LogP contribution in [0.25, 0.3) is 11.8 Å². The molecule has 4 heteroatoms. The van der Waals surface area contributed by atoms with Crippen molar-refractivity contribution in [1.82, 2.24) is 9.71 Å². The molecule has 0 saturated carbocycles. The Hall–Kier alpha value is -2.23. The summed E-state index contributed by atoms with van der Waals surface area (Å²) in [6, 6.07) is 9.39. The summed E-state index contributed by atoms with van der Waals surface area (Å²) in [6.07, 6.45) is 4.13. The molecule has 0 bridgehead atoms. The van der Waals surface area contributed by atoms with E-state index in [0.29, 0.717) is 5.69 Å². The summed E-state index contributed by atoms with van der Waals surface area (Å²) < 4.78 is 0.796. The van der Waals surface area contributed by atoms with Crippen molar-refractivity contribution in [2.24, 2.45) is 0 Å². The second-order valence-corrected chi connectivity index (χ2v) is 3.08. The maximum atomic E-state index is 9.66. The van der Waals surface area contributed by atoms with Crippen molar-refractivity contribution in [3.8, 4) is 0 Å². The lowest BCUT2D eigenvalue weighted by atomic mass is 10.2. The molecule has 0 aliphatic heterocycles. The minimum atomic E-state index is 0.0222. The van der Waals surface area contributed by atoms with Gasteiger partial charge in [0.2, 0.25) is 0 Å². The molecule has 4 nitrogen and oxygen atoms in total. The molecule has 2 rings (SSSR count). The number of nitrogens with zero attached hydrogens (tertiary/aromatic N) is 2. The Morgan fingerprint density at radius 2 is 2.00 bits per heavy atom. The summed E-state index contributed by atoms with van der Waals surface area (Å²) >= 11 is 0. The van der Waals surface area contributed by atoms with E-state index in [1.165, 1.54) is 12.5 Å². The number of aliphatic hydroxyl groups is 1. The van der Waals surface area contributed by atoms with E-state index in [2.05, 4.69) is 4.98 Å².